The average Bonchev–Trinajstić information content (AvgIpc) is 2.95. The second kappa shape index (κ2) is 6.62. The van der Waals surface area contributed by atoms with Gasteiger partial charge in [-0.2, -0.15) is 0 Å². The zero-order chi connectivity index (χ0) is 18.3. The first-order valence-corrected chi connectivity index (χ1v) is 9.66. The summed E-state index contributed by atoms with van der Waals surface area (Å²) in [6, 6.07) is 14.0. The highest BCUT2D eigenvalue weighted by Gasteiger charge is 2.34. The van der Waals surface area contributed by atoms with Gasteiger partial charge in [-0.25, -0.2) is 0 Å². The summed E-state index contributed by atoms with van der Waals surface area (Å²) in [7, 11) is 0. The van der Waals surface area contributed by atoms with Crippen molar-refractivity contribution < 1.29 is 9.53 Å². The molecule has 0 aliphatic carbocycles. The van der Waals surface area contributed by atoms with Crippen LogP contribution in [0.2, 0.25) is 5.02 Å². The minimum Gasteiger partial charge on any atom is -0.486 e. The van der Waals surface area contributed by atoms with Gasteiger partial charge in [-0.1, -0.05) is 35.9 Å². The maximum absolute atomic E-state index is 13.1. The molecule has 2 aliphatic rings. The smallest absolute Gasteiger partial charge is 0.257 e. The number of amides is 1. The Hall–Kier alpha value is -2.00. The van der Waals surface area contributed by atoms with Gasteiger partial charge in [-0.3, -0.25) is 4.79 Å². The van der Waals surface area contributed by atoms with Crippen LogP contribution >= 0.6 is 11.6 Å². The maximum atomic E-state index is 13.1. The Morgan fingerprint density at radius 1 is 1.12 bits per heavy atom. The van der Waals surface area contributed by atoms with E-state index >= 15 is 0 Å². The van der Waals surface area contributed by atoms with Crippen molar-refractivity contribution in [2.45, 2.75) is 44.6 Å². The lowest BCUT2D eigenvalue weighted by molar-refractivity contribution is 0.0702. The van der Waals surface area contributed by atoms with Crippen LogP contribution in [0.1, 0.15) is 54.1 Å². The Balaban J connectivity index is 1.47. The number of hydrogen-bond acceptors (Lipinski definition) is 2. The van der Waals surface area contributed by atoms with Crippen LogP contribution in [0.15, 0.2) is 42.5 Å². The van der Waals surface area contributed by atoms with E-state index in [1.165, 1.54) is 5.56 Å². The molecular weight excluding hydrogens is 346 g/mol. The SMILES string of the molecule is CC1(C)Cc2cccc(C(=O)N3CCC(c4ccc(Cl)cc4)CC3)c2O1. The number of rotatable bonds is 2. The molecule has 0 saturated carbocycles. The van der Waals surface area contributed by atoms with Gasteiger partial charge in [-0.15, -0.1) is 0 Å². The lowest BCUT2D eigenvalue weighted by Crippen LogP contribution is -2.38. The monoisotopic (exact) mass is 369 g/mol. The maximum Gasteiger partial charge on any atom is 0.257 e. The van der Waals surface area contributed by atoms with Gasteiger partial charge in [0.25, 0.3) is 5.91 Å². The summed E-state index contributed by atoms with van der Waals surface area (Å²) in [5.74, 6) is 1.37. The summed E-state index contributed by atoms with van der Waals surface area (Å²) in [6.45, 7) is 5.69. The van der Waals surface area contributed by atoms with E-state index in [0.29, 0.717) is 11.5 Å². The van der Waals surface area contributed by atoms with Gasteiger partial charge in [-0.05, 0) is 61.9 Å². The van der Waals surface area contributed by atoms with Crippen molar-refractivity contribution in [3.63, 3.8) is 0 Å². The Morgan fingerprint density at radius 3 is 2.50 bits per heavy atom. The minimum absolute atomic E-state index is 0.0918. The molecule has 136 valence electrons. The second-order valence-electron chi connectivity index (χ2n) is 7.95. The number of fused-ring (bicyclic) bond motifs is 1. The highest BCUT2D eigenvalue weighted by Crippen LogP contribution is 2.38. The molecule has 1 saturated heterocycles. The quantitative estimate of drug-likeness (QED) is 0.739. The van der Waals surface area contributed by atoms with Crippen molar-refractivity contribution in [2.24, 2.45) is 0 Å². The largest absolute Gasteiger partial charge is 0.486 e. The highest BCUT2D eigenvalue weighted by molar-refractivity contribution is 6.30. The molecule has 0 radical (unpaired) electrons. The molecule has 0 N–H and O–H groups in total. The van der Waals surface area contributed by atoms with E-state index in [1.54, 1.807) is 0 Å². The van der Waals surface area contributed by atoms with Crippen molar-refractivity contribution in [1.82, 2.24) is 4.90 Å². The van der Waals surface area contributed by atoms with Crippen LogP contribution in [0.4, 0.5) is 0 Å². The normalized spacial score (nSPS) is 19.1. The number of carbonyl (C=O) groups excluding carboxylic acids is 1. The summed E-state index contributed by atoms with van der Waals surface area (Å²) < 4.78 is 6.08. The van der Waals surface area contributed by atoms with E-state index in [1.807, 2.05) is 29.2 Å². The summed E-state index contributed by atoms with van der Waals surface area (Å²) in [5, 5.41) is 0.766. The molecule has 0 spiro atoms. The van der Waals surface area contributed by atoms with Crippen LogP contribution in [0.5, 0.6) is 5.75 Å². The molecule has 2 aromatic rings. The average molecular weight is 370 g/mol. The number of piperidine rings is 1. The Kier molecular flexibility index (Phi) is 4.44. The summed E-state index contributed by atoms with van der Waals surface area (Å²) in [6.07, 6.45) is 2.81. The van der Waals surface area contributed by atoms with Crippen LogP contribution < -0.4 is 4.74 Å². The van der Waals surface area contributed by atoms with E-state index in [9.17, 15) is 4.79 Å². The number of likely N-dealkylation sites (tertiary alicyclic amines) is 1. The number of nitrogens with zero attached hydrogens (tertiary/aromatic N) is 1. The standard InChI is InChI=1S/C22H24ClNO2/c1-22(2)14-17-4-3-5-19(20(17)26-22)21(25)24-12-10-16(11-13-24)15-6-8-18(23)9-7-15/h3-9,16H,10-14H2,1-2H3. The predicted molar refractivity (Wildman–Crippen MR) is 104 cm³/mol. The van der Waals surface area contributed by atoms with Crippen molar-refractivity contribution >= 4 is 17.5 Å². The Bertz CT molecular complexity index is 821. The van der Waals surface area contributed by atoms with E-state index in [-0.39, 0.29) is 11.5 Å². The lowest BCUT2D eigenvalue weighted by Gasteiger charge is -2.32. The van der Waals surface area contributed by atoms with Crippen molar-refractivity contribution in [2.75, 3.05) is 13.1 Å². The number of halogens is 1. The molecule has 4 heteroatoms. The van der Waals surface area contributed by atoms with Gasteiger partial charge < -0.3 is 9.64 Å². The van der Waals surface area contributed by atoms with E-state index in [4.69, 9.17) is 16.3 Å². The van der Waals surface area contributed by atoms with Gasteiger partial charge in [0.2, 0.25) is 0 Å². The number of benzene rings is 2. The molecule has 1 fully saturated rings. The molecule has 2 aliphatic heterocycles. The third-order valence-corrected chi connectivity index (χ3v) is 5.70. The van der Waals surface area contributed by atoms with Crippen LogP contribution in [0, 0.1) is 0 Å². The molecule has 3 nitrogen and oxygen atoms in total. The highest BCUT2D eigenvalue weighted by atomic mass is 35.5. The number of para-hydroxylation sites is 1. The number of hydrogen-bond donors (Lipinski definition) is 0. The third kappa shape index (κ3) is 3.33. The van der Waals surface area contributed by atoms with Crippen molar-refractivity contribution in [3.05, 3.63) is 64.2 Å². The van der Waals surface area contributed by atoms with E-state index in [0.717, 1.165) is 48.7 Å². The molecule has 2 heterocycles. The van der Waals surface area contributed by atoms with Crippen LogP contribution in [-0.2, 0) is 6.42 Å². The van der Waals surface area contributed by atoms with Crippen molar-refractivity contribution in [1.29, 1.82) is 0 Å². The van der Waals surface area contributed by atoms with E-state index < -0.39 is 0 Å². The van der Waals surface area contributed by atoms with Gasteiger partial charge >= 0.3 is 0 Å². The van der Waals surface area contributed by atoms with Gasteiger partial charge in [0, 0.05) is 24.5 Å². The lowest BCUT2D eigenvalue weighted by atomic mass is 9.89. The van der Waals surface area contributed by atoms with E-state index in [2.05, 4.69) is 32.0 Å². The molecule has 0 unspecified atom stereocenters. The fourth-order valence-electron chi connectivity index (χ4n) is 4.11. The fourth-order valence-corrected chi connectivity index (χ4v) is 4.23. The molecule has 4 rings (SSSR count). The second-order valence-corrected chi connectivity index (χ2v) is 8.39. The first kappa shape index (κ1) is 17.4. The third-order valence-electron chi connectivity index (χ3n) is 5.45. The molecule has 0 aromatic heterocycles. The molecule has 0 atom stereocenters. The zero-order valence-corrected chi connectivity index (χ0v) is 16.1. The van der Waals surface area contributed by atoms with Gasteiger partial charge in [0.05, 0.1) is 5.56 Å². The zero-order valence-electron chi connectivity index (χ0n) is 15.3. The van der Waals surface area contributed by atoms with Crippen molar-refractivity contribution in [3.8, 4) is 5.75 Å². The predicted octanol–water partition coefficient (Wildman–Crippen LogP) is 5.07. The molecule has 1 amide bonds. The Labute approximate surface area is 159 Å². The summed E-state index contributed by atoms with van der Waals surface area (Å²) in [4.78, 5) is 15.1. The topological polar surface area (TPSA) is 29.5 Å². The Morgan fingerprint density at radius 2 is 1.81 bits per heavy atom. The molecule has 26 heavy (non-hydrogen) atoms. The van der Waals surface area contributed by atoms with Crippen LogP contribution in [0.3, 0.4) is 0 Å². The van der Waals surface area contributed by atoms with Crippen LogP contribution in [-0.4, -0.2) is 29.5 Å². The number of carbonyl (C=O) groups is 1. The molecular formula is C22H24ClNO2. The first-order chi connectivity index (χ1) is 12.4. The number of ether oxygens (including phenoxy) is 1. The first-order valence-electron chi connectivity index (χ1n) is 9.29. The summed E-state index contributed by atoms with van der Waals surface area (Å²) >= 11 is 5.98. The van der Waals surface area contributed by atoms with Crippen LogP contribution in [0.25, 0.3) is 0 Å². The van der Waals surface area contributed by atoms with Gasteiger partial charge in [0.1, 0.15) is 11.4 Å². The fraction of sp³-hybridized carbons (Fsp3) is 0.409. The van der Waals surface area contributed by atoms with Gasteiger partial charge in [0.15, 0.2) is 0 Å². The molecule has 0 bridgehead atoms. The minimum atomic E-state index is -0.236. The molecule has 2 aromatic carbocycles. The summed E-state index contributed by atoms with van der Waals surface area (Å²) in [5.41, 5.74) is 2.92.